The van der Waals surface area contributed by atoms with Crippen molar-refractivity contribution in [3.63, 3.8) is 0 Å². The number of nitrogens with one attached hydrogen (secondary N) is 2. The molecule has 0 saturated carbocycles. The monoisotopic (exact) mass is 511 g/mol. The van der Waals surface area contributed by atoms with Gasteiger partial charge in [-0.1, -0.05) is 23.7 Å². The Labute approximate surface area is 214 Å². The van der Waals surface area contributed by atoms with E-state index in [2.05, 4.69) is 10.6 Å². The lowest BCUT2D eigenvalue weighted by molar-refractivity contribution is 0.0216. The van der Waals surface area contributed by atoms with Crippen LogP contribution in [0.1, 0.15) is 52.4 Å². The molecule has 1 atom stereocenters. The highest BCUT2D eigenvalue weighted by atomic mass is 35.5. The number of rotatable bonds is 4. The lowest BCUT2D eigenvalue weighted by atomic mass is 10.1. The number of benzene rings is 2. The molecule has 1 fully saturated rings. The Morgan fingerprint density at radius 1 is 1.19 bits per heavy atom. The fourth-order valence-corrected chi connectivity index (χ4v) is 4.56. The van der Waals surface area contributed by atoms with Crippen LogP contribution in [0.25, 0.3) is 16.6 Å². The number of urea groups is 1. The van der Waals surface area contributed by atoms with Crippen LogP contribution in [0.4, 0.5) is 15.3 Å². The van der Waals surface area contributed by atoms with Crippen molar-refractivity contribution in [2.45, 2.75) is 52.2 Å². The number of halogens is 1. The first kappa shape index (κ1) is 25.5. The maximum atomic E-state index is 13.9. The second-order valence-corrected chi connectivity index (χ2v) is 10.0. The van der Waals surface area contributed by atoms with Crippen molar-refractivity contribution in [1.82, 2.24) is 19.8 Å². The highest BCUT2D eigenvalue weighted by Gasteiger charge is 2.36. The van der Waals surface area contributed by atoms with Gasteiger partial charge in [-0.15, -0.1) is 0 Å². The van der Waals surface area contributed by atoms with Gasteiger partial charge in [0.05, 0.1) is 27.7 Å². The Morgan fingerprint density at radius 2 is 1.94 bits per heavy atom. The Balaban J connectivity index is 1.88. The SMILES string of the molecule is CCNC(=O)Nc1cccc(-n2c(C3CCCN3C(=O)OC(C)(C)C)nc3cccc(Cl)c3c2=O)c1. The lowest BCUT2D eigenvalue weighted by Crippen LogP contribution is -2.38. The molecule has 1 aliphatic heterocycles. The van der Waals surface area contributed by atoms with Crippen molar-refractivity contribution in [2.24, 2.45) is 0 Å². The minimum atomic E-state index is -0.659. The van der Waals surface area contributed by atoms with Gasteiger partial charge in [0.2, 0.25) is 0 Å². The number of anilines is 1. The zero-order chi connectivity index (χ0) is 26.0. The Morgan fingerprint density at radius 3 is 2.67 bits per heavy atom. The number of hydrogen-bond acceptors (Lipinski definition) is 5. The molecule has 1 aliphatic rings. The molecule has 9 nitrogen and oxygen atoms in total. The van der Waals surface area contributed by atoms with Gasteiger partial charge in [-0.3, -0.25) is 14.3 Å². The minimum absolute atomic E-state index is 0.284. The van der Waals surface area contributed by atoms with Crippen molar-refractivity contribution in [2.75, 3.05) is 18.4 Å². The van der Waals surface area contributed by atoms with E-state index < -0.39 is 17.7 Å². The van der Waals surface area contributed by atoms with Crippen LogP contribution in [-0.4, -0.2) is 45.3 Å². The summed E-state index contributed by atoms with van der Waals surface area (Å²) in [4.78, 5) is 45.4. The predicted molar refractivity (Wildman–Crippen MR) is 140 cm³/mol. The smallest absolute Gasteiger partial charge is 0.410 e. The quantitative estimate of drug-likeness (QED) is 0.497. The second-order valence-electron chi connectivity index (χ2n) is 9.61. The zero-order valence-electron chi connectivity index (χ0n) is 20.8. The van der Waals surface area contributed by atoms with Crippen LogP contribution in [0.2, 0.25) is 5.02 Å². The summed E-state index contributed by atoms with van der Waals surface area (Å²) in [6, 6.07) is 11.2. The van der Waals surface area contributed by atoms with Gasteiger partial charge in [-0.25, -0.2) is 14.6 Å². The molecule has 10 heteroatoms. The van der Waals surface area contributed by atoms with Crippen molar-refractivity contribution in [3.8, 4) is 5.69 Å². The van der Waals surface area contributed by atoms with Gasteiger partial charge in [0.1, 0.15) is 11.4 Å². The Bertz CT molecular complexity index is 1360. The molecular formula is C26H30ClN5O4. The van der Waals surface area contributed by atoms with Crippen LogP contribution in [0, 0.1) is 0 Å². The maximum Gasteiger partial charge on any atom is 0.410 e. The molecule has 1 unspecified atom stereocenters. The summed E-state index contributed by atoms with van der Waals surface area (Å²) in [7, 11) is 0. The molecule has 0 bridgehead atoms. The summed E-state index contributed by atoms with van der Waals surface area (Å²) < 4.78 is 7.11. The van der Waals surface area contributed by atoms with E-state index in [1.54, 1.807) is 47.4 Å². The Kier molecular flexibility index (Phi) is 7.21. The molecule has 2 aromatic carbocycles. The fourth-order valence-electron chi connectivity index (χ4n) is 4.31. The Hall–Kier alpha value is -3.59. The average molecular weight is 512 g/mol. The molecule has 190 valence electrons. The number of nitrogens with zero attached hydrogens (tertiary/aromatic N) is 3. The summed E-state index contributed by atoms with van der Waals surface area (Å²) in [6.45, 7) is 8.23. The summed E-state index contributed by atoms with van der Waals surface area (Å²) in [5, 5.41) is 6.02. The van der Waals surface area contributed by atoms with E-state index in [0.717, 1.165) is 6.42 Å². The molecular weight excluding hydrogens is 482 g/mol. The van der Waals surface area contributed by atoms with Gasteiger partial charge in [-0.2, -0.15) is 0 Å². The molecule has 0 radical (unpaired) electrons. The van der Waals surface area contributed by atoms with E-state index >= 15 is 0 Å². The van der Waals surface area contributed by atoms with E-state index in [9.17, 15) is 14.4 Å². The number of hydrogen-bond donors (Lipinski definition) is 2. The summed E-state index contributed by atoms with van der Waals surface area (Å²) in [5.41, 5.74) is 0.437. The van der Waals surface area contributed by atoms with Crippen molar-refractivity contribution in [3.05, 3.63) is 63.7 Å². The fraction of sp³-hybridized carbons (Fsp3) is 0.385. The van der Waals surface area contributed by atoms with Crippen LogP contribution in [0.15, 0.2) is 47.3 Å². The highest BCUT2D eigenvalue weighted by molar-refractivity contribution is 6.35. The van der Waals surface area contributed by atoms with E-state index in [0.29, 0.717) is 42.2 Å². The van der Waals surface area contributed by atoms with Crippen LogP contribution < -0.4 is 16.2 Å². The third-order valence-electron chi connectivity index (χ3n) is 5.75. The van der Waals surface area contributed by atoms with Gasteiger partial charge >= 0.3 is 12.1 Å². The first-order chi connectivity index (χ1) is 17.1. The molecule has 2 N–H and O–H groups in total. The third-order valence-corrected chi connectivity index (χ3v) is 6.07. The molecule has 1 aromatic heterocycles. The normalized spacial score (nSPS) is 15.7. The number of carbonyl (C=O) groups is 2. The molecule has 2 heterocycles. The molecule has 0 aliphatic carbocycles. The lowest BCUT2D eigenvalue weighted by Gasteiger charge is -2.29. The van der Waals surface area contributed by atoms with Gasteiger partial charge in [0, 0.05) is 18.8 Å². The van der Waals surface area contributed by atoms with E-state index in [1.165, 1.54) is 4.57 Å². The van der Waals surface area contributed by atoms with E-state index in [4.69, 9.17) is 21.3 Å². The van der Waals surface area contributed by atoms with E-state index in [-0.39, 0.29) is 22.0 Å². The van der Waals surface area contributed by atoms with Gasteiger partial charge < -0.3 is 15.4 Å². The van der Waals surface area contributed by atoms with Crippen molar-refractivity contribution >= 4 is 40.3 Å². The summed E-state index contributed by atoms with van der Waals surface area (Å²) >= 11 is 6.42. The molecule has 0 spiro atoms. The maximum absolute atomic E-state index is 13.9. The first-order valence-electron chi connectivity index (χ1n) is 11.9. The standard InChI is InChI=1S/C26H30ClN5O4/c1-5-28-24(34)29-16-9-6-10-17(15-16)32-22(30-19-12-7-11-18(27)21(19)23(32)33)20-13-8-14-31(20)25(35)36-26(2,3)4/h6-7,9-12,15,20H,5,8,13-14H2,1-4H3,(H2,28,29,34). The molecule has 4 rings (SSSR count). The van der Waals surface area contributed by atoms with Crippen LogP contribution >= 0.6 is 11.6 Å². The number of fused-ring (bicyclic) bond motifs is 1. The van der Waals surface area contributed by atoms with Gasteiger partial charge in [0.25, 0.3) is 5.56 Å². The summed E-state index contributed by atoms with van der Waals surface area (Å²) in [6.07, 6.45) is 0.907. The number of ether oxygens (including phenoxy) is 1. The highest BCUT2D eigenvalue weighted by Crippen LogP contribution is 2.34. The van der Waals surface area contributed by atoms with Gasteiger partial charge in [0.15, 0.2) is 0 Å². The molecule has 3 aromatic rings. The van der Waals surface area contributed by atoms with Crippen LogP contribution in [0.5, 0.6) is 0 Å². The number of amides is 3. The number of aromatic nitrogens is 2. The minimum Gasteiger partial charge on any atom is -0.444 e. The molecule has 3 amide bonds. The van der Waals surface area contributed by atoms with Crippen LogP contribution in [0.3, 0.4) is 0 Å². The van der Waals surface area contributed by atoms with Gasteiger partial charge in [-0.05, 0) is 70.9 Å². The zero-order valence-corrected chi connectivity index (χ0v) is 21.6. The number of likely N-dealkylation sites (tertiary alicyclic amines) is 1. The number of carbonyl (C=O) groups excluding carboxylic acids is 2. The second kappa shape index (κ2) is 10.2. The molecule has 1 saturated heterocycles. The first-order valence-corrected chi connectivity index (χ1v) is 12.3. The third kappa shape index (κ3) is 5.31. The van der Waals surface area contributed by atoms with Crippen molar-refractivity contribution in [1.29, 1.82) is 0 Å². The predicted octanol–water partition coefficient (Wildman–Crippen LogP) is 5.25. The average Bonchev–Trinajstić information content (AvgIpc) is 3.28. The van der Waals surface area contributed by atoms with Crippen molar-refractivity contribution < 1.29 is 14.3 Å². The topological polar surface area (TPSA) is 106 Å². The van der Waals surface area contributed by atoms with Crippen LogP contribution in [-0.2, 0) is 4.74 Å². The summed E-state index contributed by atoms with van der Waals surface area (Å²) in [5.74, 6) is 0.410. The van der Waals surface area contributed by atoms with E-state index in [1.807, 2.05) is 27.7 Å². The molecule has 36 heavy (non-hydrogen) atoms. The largest absolute Gasteiger partial charge is 0.444 e.